The molecule has 0 aliphatic carbocycles. The van der Waals surface area contributed by atoms with Gasteiger partial charge in [0.1, 0.15) is 0 Å². The summed E-state index contributed by atoms with van der Waals surface area (Å²) in [5.74, 6) is -0.642. The third kappa shape index (κ3) is 7.73. The molecule has 0 aliphatic rings. The fourth-order valence-corrected chi connectivity index (χ4v) is 2.04. The van der Waals surface area contributed by atoms with Gasteiger partial charge in [0.05, 0.1) is 11.5 Å². The van der Waals surface area contributed by atoms with Crippen LogP contribution in [0, 0.1) is 0 Å². The third-order valence-electron chi connectivity index (χ3n) is 1.51. The summed E-state index contributed by atoms with van der Waals surface area (Å²) < 4.78 is 22.4. The Morgan fingerprint density at radius 3 is 2.23 bits per heavy atom. The summed E-state index contributed by atoms with van der Waals surface area (Å²) in [5.41, 5.74) is 4.84. The Balaban J connectivity index is 3.88. The lowest BCUT2D eigenvalue weighted by molar-refractivity contribution is -0.117. The van der Waals surface area contributed by atoms with Crippen LogP contribution in [0.25, 0.3) is 0 Å². The molecule has 2 N–H and O–H groups in total. The van der Waals surface area contributed by atoms with Gasteiger partial charge >= 0.3 is 0 Å². The Labute approximate surface area is 78.8 Å². The van der Waals surface area contributed by atoms with E-state index in [1.54, 1.807) is 19.0 Å². The van der Waals surface area contributed by atoms with Crippen LogP contribution < -0.4 is 5.73 Å². The van der Waals surface area contributed by atoms with Crippen LogP contribution in [-0.2, 0) is 14.6 Å². The molecule has 0 aromatic heterocycles. The highest BCUT2D eigenvalue weighted by atomic mass is 32.2. The van der Waals surface area contributed by atoms with Gasteiger partial charge in [-0.2, -0.15) is 0 Å². The third-order valence-corrected chi connectivity index (χ3v) is 3.14. The van der Waals surface area contributed by atoms with Crippen molar-refractivity contribution in [3.05, 3.63) is 0 Å². The molecule has 0 saturated carbocycles. The molecule has 0 fully saturated rings. The van der Waals surface area contributed by atoms with Gasteiger partial charge in [0.15, 0.2) is 9.84 Å². The number of primary amides is 1. The normalized spacial score (nSPS) is 11.9. The minimum Gasteiger partial charge on any atom is -0.370 e. The molecule has 0 aliphatic heterocycles. The van der Waals surface area contributed by atoms with Crippen molar-refractivity contribution in [2.24, 2.45) is 5.73 Å². The largest absolute Gasteiger partial charge is 0.370 e. The first-order chi connectivity index (χ1) is 5.83. The first-order valence-electron chi connectivity index (χ1n) is 3.97. The summed E-state index contributed by atoms with van der Waals surface area (Å²) in [4.78, 5) is 12.1. The maximum Gasteiger partial charge on any atom is 0.218 e. The van der Waals surface area contributed by atoms with E-state index in [1.807, 2.05) is 0 Å². The molecule has 0 aromatic carbocycles. The highest BCUT2D eigenvalue weighted by molar-refractivity contribution is 7.91. The molecular weight excluding hydrogens is 192 g/mol. The quantitative estimate of drug-likeness (QED) is 0.597. The Kier molecular flexibility index (Phi) is 4.94. The maximum atomic E-state index is 11.2. The average Bonchev–Trinajstić information content (AvgIpc) is 1.98. The summed E-state index contributed by atoms with van der Waals surface area (Å²) in [6.07, 6.45) is -0.0875. The highest BCUT2D eigenvalue weighted by Crippen LogP contribution is 1.94. The minimum atomic E-state index is -3.11. The lowest BCUT2D eigenvalue weighted by Gasteiger charge is -2.08. The van der Waals surface area contributed by atoms with Crippen LogP contribution in [-0.4, -0.2) is 51.4 Å². The van der Waals surface area contributed by atoms with E-state index in [4.69, 9.17) is 5.73 Å². The van der Waals surface area contributed by atoms with Crippen molar-refractivity contribution in [1.82, 2.24) is 4.90 Å². The van der Waals surface area contributed by atoms with Gasteiger partial charge in [0.2, 0.25) is 5.91 Å². The fourth-order valence-electron chi connectivity index (χ4n) is 0.680. The number of amides is 1. The molecule has 0 heterocycles. The zero-order valence-electron chi connectivity index (χ0n) is 7.99. The van der Waals surface area contributed by atoms with Crippen LogP contribution in [0.1, 0.15) is 6.42 Å². The van der Waals surface area contributed by atoms with E-state index in [2.05, 4.69) is 0 Å². The number of hydrogen-bond donors (Lipinski definition) is 1. The van der Waals surface area contributed by atoms with E-state index in [1.165, 1.54) is 0 Å². The number of carbonyl (C=O) groups is 1. The van der Waals surface area contributed by atoms with Gasteiger partial charge in [-0.05, 0) is 14.1 Å². The van der Waals surface area contributed by atoms with Crippen molar-refractivity contribution in [3.63, 3.8) is 0 Å². The van der Waals surface area contributed by atoms with E-state index < -0.39 is 15.7 Å². The van der Waals surface area contributed by atoms with E-state index in [9.17, 15) is 13.2 Å². The number of hydrogen-bond acceptors (Lipinski definition) is 4. The molecule has 0 atom stereocenters. The van der Waals surface area contributed by atoms with Gasteiger partial charge in [-0.3, -0.25) is 4.79 Å². The molecule has 6 heteroatoms. The molecule has 0 spiro atoms. The van der Waals surface area contributed by atoms with E-state index in [0.29, 0.717) is 6.54 Å². The molecule has 5 nitrogen and oxygen atoms in total. The van der Waals surface area contributed by atoms with Gasteiger partial charge in [0, 0.05) is 13.0 Å². The zero-order valence-corrected chi connectivity index (χ0v) is 8.80. The second-order valence-corrected chi connectivity index (χ2v) is 5.48. The molecule has 0 saturated heterocycles. The second kappa shape index (κ2) is 5.18. The summed E-state index contributed by atoms with van der Waals surface area (Å²) in [6, 6.07) is 0. The van der Waals surface area contributed by atoms with Crippen LogP contribution in [0.4, 0.5) is 0 Å². The lowest BCUT2D eigenvalue weighted by Crippen LogP contribution is -2.25. The SMILES string of the molecule is CN(C)CCS(=O)(=O)CCC(N)=O. The molecule has 78 valence electrons. The Morgan fingerprint density at radius 2 is 1.85 bits per heavy atom. The monoisotopic (exact) mass is 208 g/mol. The predicted octanol–water partition coefficient (Wildman–Crippen LogP) is -1.16. The molecule has 0 bridgehead atoms. The van der Waals surface area contributed by atoms with Crippen LogP contribution in [0.15, 0.2) is 0 Å². The lowest BCUT2D eigenvalue weighted by atomic mass is 10.5. The molecule has 13 heavy (non-hydrogen) atoms. The molecule has 0 rings (SSSR count). The van der Waals surface area contributed by atoms with E-state index >= 15 is 0 Å². The van der Waals surface area contributed by atoms with Crippen LogP contribution in [0.5, 0.6) is 0 Å². The Bertz CT molecular complexity index is 259. The van der Waals surface area contributed by atoms with Gasteiger partial charge < -0.3 is 10.6 Å². The van der Waals surface area contributed by atoms with Crippen molar-refractivity contribution in [3.8, 4) is 0 Å². The number of nitrogens with zero attached hydrogens (tertiary/aromatic N) is 1. The van der Waals surface area contributed by atoms with Gasteiger partial charge in [-0.15, -0.1) is 0 Å². The topological polar surface area (TPSA) is 80.5 Å². The van der Waals surface area contributed by atoms with Crippen molar-refractivity contribution >= 4 is 15.7 Å². The fraction of sp³-hybridized carbons (Fsp3) is 0.857. The summed E-state index contributed by atoms with van der Waals surface area (Å²) >= 11 is 0. The first-order valence-corrected chi connectivity index (χ1v) is 5.79. The molecule has 0 radical (unpaired) electrons. The Morgan fingerprint density at radius 1 is 1.31 bits per heavy atom. The molecular formula is C7H16N2O3S. The van der Waals surface area contributed by atoms with Gasteiger partial charge in [0.25, 0.3) is 0 Å². The second-order valence-electron chi connectivity index (χ2n) is 3.17. The first kappa shape index (κ1) is 12.4. The number of sulfone groups is 1. The summed E-state index contributed by atoms with van der Waals surface area (Å²) in [6.45, 7) is 0.473. The summed E-state index contributed by atoms with van der Waals surface area (Å²) in [7, 11) is 0.476. The molecule has 0 aromatic rings. The predicted molar refractivity (Wildman–Crippen MR) is 51.0 cm³/mol. The van der Waals surface area contributed by atoms with Gasteiger partial charge in [-0.1, -0.05) is 0 Å². The van der Waals surface area contributed by atoms with Crippen molar-refractivity contribution in [2.45, 2.75) is 6.42 Å². The van der Waals surface area contributed by atoms with Gasteiger partial charge in [-0.25, -0.2) is 8.42 Å². The molecule has 0 unspecified atom stereocenters. The smallest absolute Gasteiger partial charge is 0.218 e. The summed E-state index contributed by atoms with van der Waals surface area (Å²) in [5, 5.41) is 0. The number of rotatable bonds is 6. The van der Waals surface area contributed by atoms with Crippen molar-refractivity contribution in [1.29, 1.82) is 0 Å². The maximum absolute atomic E-state index is 11.2. The minimum absolute atomic E-state index is 0.0767. The standard InChI is InChI=1S/C7H16N2O3S/c1-9(2)4-6-13(11,12)5-3-7(8)10/h3-6H2,1-2H3,(H2,8,10). The van der Waals surface area contributed by atoms with Crippen LogP contribution >= 0.6 is 0 Å². The van der Waals surface area contributed by atoms with E-state index in [-0.39, 0.29) is 17.9 Å². The van der Waals surface area contributed by atoms with Crippen molar-refractivity contribution in [2.75, 3.05) is 32.1 Å². The van der Waals surface area contributed by atoms with Crippen LogP contribution in [0.2, 0.25) is 0 Å². The highest BCUT2D eigenvalue weighted by Gasteiger charge is 2.12. The van der Waals surface area contributed by atoms with E-state index in [0.717, 1.165) is 0 Å². The number of nitrogens with two attached hydrogens (primary N) is 1. The zero-order chi connectivity index (χ0) is 10.5. The Hall–Kier alpha value is -0.620. The van der Waals surface area contributed by atoms with Crippen molar-refractivity contribution < 1.29 is 13.2 Å². The average molecular weight is 208 g/mol. The molecule has 1 amide bonds. The van der Waals surface area contributed by atoms with Crippen LogP contribution in [0.3, 0.4) is 0 Å². The number of carbonyl (C=O) groups excluding carboxylic acids is 1.